The number of rotatable bonds is 2. The largest absolute Gasteiger partial charge is 0.495 e. The van der Waals surface area contributed by atoms with E-state index in [2.05, 4.69) is 0 Å². The van der Waals surface area contributed by atoms with Crippen LogP contribution in [0.25, 0.3) is 0 Å². The first-order valence-electron chi connectivity index (χ1n) is 5.00. The molecule has 0 spiro atoms. The molecule has 0 unspecified atom stereocenters. The zero-order valence-electron chi connectivity index (χ0n) is 9.30. The van der Waals surface area contributed by atoms with Crippen LogP contribution in [0.2, 0.25) is 0 Å². The van der Waals surface area contributed by atoms with Gasteiger partial charge in [-0.3, -0.25) is 9.59 Å². The smallest absolute Gasteiger partial charge is 0.259 e. The minimum Gasteiger partial charge on any atom is -0.495 e. The number of anilines is 2. The van der Waals surface area contributed by atoms with E-state index in [9.17, 15) is 9.59 Å². The van der Waals surface area contributed by atoms with E-state index in [1.807, 2.05) is 0 Å². The molecule has 90 valence electrons. The maximum atomic E-state index is 11.6. The zero-order valence-corrected chi connectivity index (χ0v) is 9.30. The second-order valence-electron chi connectivity index (χ2n) is 3.54. The average Bonchev–Trinajstić information content (AvgIpc) is 2.31. The molecule has 0 aromatic heterocycles. The Morgan fingerprint density at radius 1 is 1.29 bits per heavy atom. The second-order valence-corrected chi connectivity index (χ2v) is 3.54. The fraction of sp³-hybridized carbons (Fsp3) is 0.273. The molecule has 1 aromatic rings. The van der Waals surface area contributed by atoms with Gasteiger partial charge in [-0.1, -0.05) is 0 Å². The van der Waals surface area contributed by atoms with E-state index in [4.69, 9.17) is 15.2 Å². The summed E-state index contributed by atoms with van der Waals surface area (Å²) >= 11 is 0. The molecule has 0 radical (unpaired) electrons. The molecule has 1 aromatic carbocycles. The van der Waals surface area contributed by atoms with Gasteiger partial charge in [0.1, 0.15) is 19.0 Å². The van der Waals surface area contributed by atoms with Gasteiger partial charge in [0.2, 0.25) is 0 Å². The lowest BCUT2D eigenvalue weighted by atomic mass is 10.2. The third-order valence-corrected chi connectivity index (χ3v) is 2.43. The minimum atomic E-state index is -0.395. The van der Waals surface area contributed by atoms with Crippen LogP contribution in [-0.2, 0) is 14.3 Å². The predicted octanol–water partition coefficient (Wildman–Crippen LogP) is 0.167. The van der Waals surface area contributed by atoms with Gasteiger partial charge in [-0.25, -0.2) is 4.90 Å². The first-order chi connectivity index (χ1) is 8.13. The fourth-order valence-corrected chi connectivity index (χ4v) is 1.62. The number of morpholine rings is 1. The summed E-state index contributed by atoms with van der Waals surface area (Å²) in [5, 5.41) is 0. The van der Waals surface area contributed by atoms with E-state index in [0.717, 1.165) is 4.90 Å². The van der Waals surface area contributed by atoms with Crippen molar-refractivity contribution >= 4 is 23.2 Å². The number of nitrogens with two attached hydrogens (primary N) is 1. The lowest BCUT2D eigenvalue weighted by molar-refractivity contribution is -0.138. The highest BCUT2D eigenvalue weighted by atomic mass is 16.5. The molecule has 17 heavy (non-hydrogen) atoms. The summed E-state index contributed by atoms with van der Waals surface area (Å²) in [6.45, 7) is -0.198. The topological polar surface area (TPSA) is 81.9 Å². The molecule has 1 fully saturated rings. The zero-order chi connectivity index (χ0) is 12.4. The van der Waals surface area contributed by atoms with E-state index in [-0.39, 0.29) is 13.2 Å². The number of carbonyl (C=O) groups is 2. The molecule has 0 aliphatic carbocycles. The summed E-state index contributed by atoms with van der Waals surface area (Å²) in [4.78, 5) is 24.3. The summed E-state index contributed by atoms with van der Waals surface area (Å²) in [6.07, 6.45) is 0. The van der Waals surface area contributed by atoms with Crippen LogP contribution < -0.4 is 15.4 Å². The van der Waals surface area contributed by atoms with Gasteiger partial charge in [0, 0.05) is 6.07 Å². The number of methoxy groups -OCH3 is 1. The molecule has 0 bridgehead atoms. The van der Waals surface area contributed by atoms with Crippen LogP contribution in [0.3, 0.4) is 0 Å². The third-order valence-electron chi connectivity index (χ3n) is 2.43. The molecule has 0 atom stereocenters. The predicted molar refractivity (Wildman–Crippen MR) is 60.7 cm³/mol. The minimum absolute atomic E-state index is 0.0988. The molecular formula is C11H12N2O4. The average molecular weight is 236 g/mol. The molecule has 2 rings (SSSR count). The number of hydrogen-bond donors (Lipinski definition) is 1. The van der Waals surface area contributed by atoms with Gasteiger partial charge in [0.25, 0.3) is 11.8 Å². The summed E-state index contributed by atoms with van der Waals surface area (Å²) in [7, 11) is 1.47. The fourth-order valence-electron chi connectivity index (χ4n) is 1.62. The maximum Gasteiger partial charge on any atom is 0.259 e. The number of hydrogen-bond acceptors (Lipinski definition) is 5. The number of carbonyl (C=O) groups excluding carboxylic acids is 2. The van der Waals surface area contributed by atoms with Crippen molar-refractivity contribution in [3.63, 3.8) is 0 Å². The first kappa shape index (κ1) is 11.4. The molecule has 1 saturated heterocycles. The highest BCUT2D eigenvalue weighted by Gasteiger charge is 2.28. The quantitative estimate of drug-likeness (QED) is 0.584. The summed E-state index contributed by atoms with van der Waals surface area (Å²) in [5.74, 6) is -0.365. The summed E-state index contributed by atoms with van der Waals surface area (Å²) < 4.78 is 9.87. The van der Waals surface area contributed by atoms with E-state index in [0.29, 0.717) is 17.1 Å². The van der Waals surface area contributed by atoms with Crippen molar-refractivity contribution in [1.29, 1.82) is 0 Å². The van der Waals surface area contributed by atoms with Crippen LogP contribution in [0.5, 0.6) is 5.75 Å². The van der Waals surface area contributed by atoms with Crippen molar-refractivity contribution in [3.8, 4) is 5.75 Å². The molecule has 1 aliphatic rings. The lowest BCUT2D eigenvalue weighted by Crippen LogP contribution is -2.46. The Kier molecular flexibility index (Phi) is 2.97. The third kappa shape index (κ3) is 2.07. The van der Waals surface area contributed by atoms with Crippen LogP contribution in [0, 0.1) is 0 Å². The van der Waals surface area contributed by atoms with Crippen molar-refractivity contribution in [1.82, 2.24) is 0 Å². The first-order valence-corrected chi connectivity index (χ1v) is 5.00. The molecule has 2 amide bonds. The van der Waals surface area contributed by atoms with E-state index in [1.54, 1.807) is 18.2 Å². The highest BCUT2D eigenvalue weighted by Crippen LogP contribution is 2.28. The number of ether oxygens (including phenoxy) is 2. The van der Waals surface area contributed by atoms with Crippen molar-refractivity contribution in [2.45, 2.75) is 0 Å². The number of benzene rings is 1. The van der Waals surface area contributed by atoms with Crippen molar-refractivity contribution < 1.29 is 19.1 Å². The summed E-state index contributed by atoms with van der Waals surface area (Å²) in [5.41, 5.74) is 6.55. The van der Waals surface area contributed by atoms with Crippen LogP contribution in [0.4, 0.5) is 11.4 Å². The Labute approximate surface area is 97.9 Å². The van der Waals surface area contributed by atoms with E-state index < -0.39 is 11.8 Å². The normalized spacial score (nSPS) is 16.2. The van der Waals surface area contributed by atoms with Crippen LogP contribution >= 0.6 is 0 Å². The number of nitrogens with zero attached hydrogens (tertiary/aromatic N) is 1. The van der Waals surface area contributed by atoms with Crippen LogP contribution in [-0.4, -0.2) is 32.1 Å². The Hall–Kier alpha value is -2.08. The highest BCUT2D eigenvalue weighted by molar-refractivity contribution is 6.17. The Bertz CT molecular complexity index is 457. The Morgan fingerprint density at radius 3 is 2.53 bits per heavy atom. The number of amides is 2. The summed E-state index contributed by atoms with van der Waals surface area (Å²) in [6, 6.07) is 4.74. The van der Waals surface area contributed by atoms with E-state index in [1.165, 1.54) is 7.11 Å². The standard InChI is InChI=1S/C11H12N2O4/c1-16-9-4-7(2-3-8(9)12)13-10(14)5-17-6-11(13)15/h2-4H,5-6,12H2,1H3. The molecule has 1 aliphatic heterocycles. The van der Waals surface area contributed by atoms with Gasteiger partial charge in [-0.15, -0.1) is 0 Å². The van der Waals surface area contributed by atoms with Crippen molar-refractivity contribution in [2.75, 3.05) is 31.0 Å². The lowest BCUT2D eigenvalue weighted by Gasteiger charge is -2.25. The van der Waals surface area contributed by atoms with Crippen LogP contribution in [0.1, 0.15) is 0 Å². The SMILES string of the molecule is COc1cc(N2C(=O)COCC2=O)ccc1N. The van der Waals surface area contributed by atoms with Gasteiger partial charge >= 0.3 is 0 Å². The van der Waals surface area contributed by atoms with Crippen molar-refractivity contribution in [3.05, 3.63) is 18.2 Å². The van der Waals surface area contributed by atoms with Gasteiger partial charge in [-0.05, 0) is 12.1 Å². The Balaban J connectivity index is 2.38. The molecule has 1 heterocycles. The van der Waals surface area contributed by atoms with Gasteiger partial charge in [0.15, 0.2) is 0 Å². The Morgan fingerprint density at radius 2 is 1.94 bits per heavy atom. The van der Waals surface area contributed by atoms with Gasteiger partial charge < -0.3 is 15.2 Å². The number of nitrogen functional groups attached to an aromatic ring is 1. The number of imide groups is 1. The van der Waals surface area contributed by atoms with E-state index >= 15 is 0 Å². The van der Waals surface area contributed by atoms with Gasteiger partial charge in [0.05, 0.1) is 18.5 Å². The monoisotopic (exact) mass is 236 g/mol. The molecule has 6 heteroatoms. The van der Waals surface area contributed by atoms with Crippen LogP contribution in [0.15, 0.2) is 18.2 Å². The molecular weight excluding hydrogens is 224 g/mol. The maximum absolute atomic E-state index is 11.6. The van der Waals surface area contributed by atoms with Gasteiger partial charge in [-0.2, -0.15) is 0 Å². The molecule has 6 nitrogen and oxygen atoms in total. The molecule has 0 saturated carbocycles. The second kappa shape index (κ2) is 4.42. The van der Waals surface area contributed by atoms with Crippen molar-refractivity contribution in [2.24, 2.45) is 0 Å². The molecule has 2 N–H and O–H groups in total.